The molecule has 142 valence electrons. The number of nitrogens with zero attached hydrogens (tertiary/aromatic N) is 4. The quantitative estimate of drug-likeness (QED) is 0.678. The molecule has 2 aromatic heterocycles. The van der Waals surface area contributed by atoms with E-state index in [9.17, 15) is 9.59 Å². The van der Waals surface area contributed by atoms with Crippen molar-refractivity contribution in [2.75, 3.05) is 29.6 Å². The summed E-state index contributed by atoms with van der Waals surface area (Å²) in [6.45, 7) is -0.146. The van der Waals surface area contributed by atoms with Crippen LogP contribution in [0.5, 0.6) is 5.75 Å². The van der Waals surface area contributed by atoms with Crippen LogP contribution in [0, 0.1) is 0 Å². The summed E-state index contributed by atoms with van der Waals surface area (Å²) < 4.78 is 5.23. The highest BCUT2D eigenvalue weighted by Crippen LogP contribution is 2.37. The molecule has 0 bridgehead atoms. The molecule has 0 radical (unpaired) electrons. The van der Waals surface area contributed by atoms with Crippen molar-refractivity contribution >= 4 is 35.2 Å². The Labute approximate surface area is 164 Å². The molecule has 9 nitrogen and oxygen atoms in total. The van der Waals surface area contributed by atoms with E-state index in [1.165, 1.54) is 16.7 Å². The number of pyridine rings is 1. The van der Waals surface area contributed by atoms with Crippen molar-refractivity contribution < 1.29 is 14.3 Å². The fourth-order valence-electron chi connectivity index (χ4n) is 2.73. The largest absolute Gasteiger partial charge is 0.497 e. The van der Waals surface area contributed by atoms with Gasteiger partial charge in [0.15, 0.2) is 5.82 Å². The lowest BCUT2D eigenvalue weighted by Gasteiger charge is -2.28. The molecule has 3 heterocycles. The monoisotopic (exact) mass is 396 g/mol. The molecule has 0 saturated carbocycles. The van der Waals surface area contributed by atoms with Crippen LogP contribution in [-0.4, -0.2) is 51.4 Å². The van der Waals surface area contributed by atoms with Gasteiger partial charge in [0.25, 0.3) is 0 Å². The lowest BCUT2D eigenvalue weighted by atomic mass is 10.2. The lowest BCUT2D eigenvalue weighted by molar-refractivity contribution is -0.120. The zero-order chi connectivity index (χ0) is 19.5. The van der Waals surface area contributed by atoms with Crippen molar-refractivity contribution in [2.45, 2.75) is 4.90 Å². The SMILES string of the molecule is COc1ccc2c(c1)N(CC(=O)Nc1n[nH]c(-c3ccccn3)n1)C(=O)CS2. The Kier molecular flexibility index (Phi) is 4.94. The summed E-state index contributed by atoms with van der Waals surface area (Å²) in [5, 5.41) is 9.32. The van der Waals surface area contributed by atoms with E-state index in [0.29, 0.717) is 23.0 Å². The molecule has 0 unspecified atom stereocenters. The van der Waals surface area contributed by atoms with Crippen LogP contribution in [0.25, 0.3) is 11.5 Å². The number of H-pyrrole nitrogens is 1. The van der Waals surface area contributed by atoms with Gasteiger partial charge < -0.3 is 9.64 Å². The maximum absolute atomic E-state index is 12.5. The number of aromatic nitrogens is 4. The Morgan fingerprint density at radius 3 is 3.04 bits per heavy atom. The highest BCUT2D eigenvalue weighted by atomic mass is 32.2. The van der Waals surface area contributed by atoms with E-state index in [4.69, 9.17) is 4.74 Å². The van der Waals surface area contributed by atoms with Gasteiger partial charge in [-0.05, 0) is 24.3 Å². The molecule has 1 aromatic carbocycles. The second-order valence-corrected chi connectivity index (χ2v) is 6.89. The van der Waals surface area contributed by atoms with Crippen LogP contribution < -0.4 is 15.0 Å². The van der Waals surface area contributed by atoms with Gasteiger partial charge in [-0.3, -0.25) is 25.0 Å². The fraction of sp³-hybridized carbons (Fsp3) is 0.167. The standard InChI is InChI=1S/C18H16N6O3S/c1-27-11-5-6-14-13(8-11)24(16(26)10-28-14)9-15(25)20-18-21-17(22-23-18)12-4-2-3-7-19-12/h2-8H,9-10H2,1H3,(H2,20,21,22,23,25). The first-order valence-electron chi connectivity index (χ1n) is 8.39. The molecule has 0 spiro atoms. The minimum atomic E-state index is -0.402. The molecule has 2 amide bonds. The first kappa shape index (κ1) is 18.0. The second-order valence-electron chi connectivity index (χ2n) is 5.87. The maximum Gasteiger partial charge on any atom is 0.249 e. The van der Waals surface area contributed by atoms with Gasteiger partial charge in [0.1, 0.15) is 18.0 Å². The normalized spacial score (nSPS) is 13.2. The van der Waals surface area contributed by atoms with Crippen molar-refractivity contribution in [2.24, 2.45) is 0 Å². The average molecular weight is 396 g/mol. The van der Waals surface area contributed by atoms with E-state index in [0.717, 1.165) is 4.90 Å². The number of fused-ring (bicyclic) bond motifs is 1. The van der Waals surface area contributed by atoms with Gasteiger partial charge in [-0.1, -0.05) is 6.07 Å². The van der Waals surface area contributed by atoms with E-state index in [1.807, 2.05) is 18.2 Å². The van der Waals surface area contributed by atoms with E-state index in [2.05, 4.69) is 25.5 Å². The zero-order valence-corrected chi connectivity index (χ0v) is 15.7. The lowest BCUT2D eigenvalue weighted by Crippen LogP contribution is -2.41. The summed E-state index contributed by atoms with van der Waals surface area (Å²) in [5.41, 5.74) is 1.26. The summed E-state index contributed by atoms with van der Waals surface area (Å²) in [5.74, 6) is 0.905. The summed E-state index contributed by atoms with van der Waals surface area (Å²) in [7, 11) is 1.55. The number of methoxy groups -OCH3 is 1. The van der Waals surface area contributed by atoms with Crippen LogP contribution in [0.4, 0.5) is 11.6 Å². The second kappa shape index (κ2) is 7.69. The van der Waals surface area contributed by atoms with Crippen LogP contribution >= 0.6 is 11.8 Å². The molecule has 1 aliphatic rings. The van der Waals surface area contributed by atoms with Crippen molar-refractivity contribution in [3.05, 3.63) is 42.6 Å². The molecule has 1 aliphatic heterocycles. The summed E-state index contributed by atoms with van der Waals surface area (Å²) in [4.78, 5) is 35.6. The number of hydrogen-bond acceptors (Lipinski definition) is 7. The van der Waals surface area contributed by atoms with Crippen molar-refractivity contribution in [1.82, 2.24) is 20.2 Å². The highest BCUT2D eigenvalue weighted by molar-refractivity contribution is 8.00. The van der Waals surface area contributed by atoms with Crippen LogP contribution in [0.2, 0.25) is 0 Å². The Morgan fingerprint density at radius 2 is 2.25 bits per heavy atom. The number of thioether (sulfide) groups is 1. The smallest absolute Gasteiger partial charge is 0.249 e. The maximum atomic E-state index is 12.5. The van der Waals surface area contributed by atoms with Crippen LogP contribution in [0.1, 0.15) is 0 Å². The van der Waals surface area contributed by atoms with Gasteiger partial charge in [-0.15, -0.1) is 16.9 Å². The number of aromatic amines is 1. The van der Waals surface area contributed by atoms with Gasteiger partial charge in [0.2, 0.25) is 17.8 Å². The van der Waals surface area contributed by atoms with Crippen molar-refractivity contribution in [1.29, 1.82) is 0 Å². The molecule has 0 fully saturated rings. The minimum absolute atomic E-state index is 0.121. The van der Waals surface area contributed by atoms with Crippen LogP contribution in [-0.2, 0) is 9.59 Å². The van der Waals surface area contributed by atoms with Gasteiger partial charge in [0.05, 0.1) is 18.6 Å². The van der Waals surface area contributed by atoms with Crippen LogP contribution in [0.15, 0.2) is 47.5 Å². The molecular weight excluding hydrogens is 380 g/mol. The predicted octanol–water partition coefficient (Wildman–Crippen LogP) is 1.95. The van der Waals surface area contributed by atoms with E-state index >= 15 is 0 Å². The minimum Gasteiger partial charge on any atom is -0.497 e. The zero-order valence-electron chi connectivity index (χ0n) is 14.9. The molecule has 28 heavy (non-hydrogen) atoms. The van der Waals surface area contributed by atoms with Gasteiger partial charge in [0, 0.05) is 17.2 Å². The molecule has 2 N–H and O–H groups in total. The molecular formula is C18H16N6O3S. The van der Waals surface area contributed by atoms with Gasteiger partial charge in [-0.25, -0.2) is 0 Å². The van der Waals surface area contributed by atoms with Crippen molar-refractivity contribution in [3.8, 4) is 17.3 Å². The number of amides is 2. The third kappa shape index (κ3) is 3.67. The number of benzene rings is 1. The number of hydrogen-bond donors (Lipinski definition) is 2. The predicted molar refractivity (Wildman–Crippen MR) is 104 cm³/mol. The average Bonchev–Trinajstić information content (AvgIpc) is 3.19. The Hall–Kier alpha value is -3.40. The number of rotatable bonds is 5. The summed E-state index contributed by atoms with van der Waals surface area (Å²) in [6, 6.07) is 10.9. The van der Waals surface area contributed by atoms with E-state index in [-0.39, 0.29) is 24.2 Å². The Balaban J connectivity index is 1.49. The first-order chi connectivity index (χ1) is 13.6. The van der Waals surface area contributed by atoms with E-state index in [1.54, 1.807) is 31.5 Å². The fourth-order valence-corrected chi connectivity index (χ4v) is 3.64. The highest BCUT2D eigenvalue weighted by Gasteiger charge is 2.27. The third-order valence-corrected chi connectivity index (χ3v) is 5.10. The number of anilines is 2. The number of carbonyl (C=O) groups is 2. The third-order valence-electron chi connectivity index (χ3n) is 4.05. The van der Waals surface area contributed by atoms with Crippen molar-refractivity contribution in [3.63, 3.8) is 0 Å². The first-order valence-corrected chi connectivity index (χ1v) is 9.37. The summed E-state index contributed by atoms with van der Waals surface area (Å²) >= 11 is 1.44. The van der Waals surface area contributed by atoms with Gasteiger partial charge >= 0.3 is 0 Å². The number of nitrogens with one attached hydrogen (secondary N) is 2. The molecule has 0 saturated heterocycles. The van der Waals surface area contributed by atoms with Crippen LogP contribution in [0.3, 0.4) is 0 Å². The number of ether oxygens (including phenoxy) is 1. The molecule has 10 heteroatoms. The molecule has 4 rings (SSSR count). The molecule has 0 atom stereocenters. The number of carbonyl (C=O) groups excluding carboxylic acids is 2. The van der Waals surface area contributed by atoms with Gasteiger partial charge in [-0.2, -0.15) is 4.98 Å². The summed E-state index contributed by atoms with van der Waals surface area (Å²) in [6.07, 6.45) is 1.64. The Morgan fingerprint density at radius 1 is 1.36 bits per heavy atom. The Bertz CT molecular complexity index is 1020. The molecule has 3 aromatic rings. The molecule has 0 aliphatic carbocycles. The topological polar surface area (TPSA) is 113 Å². The van der Waals surface area contributed by atoms with E-state index < -0.39 is 5.91 Å².